The number of amides is 2. The molecule has 0 saturated heterocycles. The van der Waals surface area contributed by atoms with E-state index in [1.807, 2.05) is 19.2 Å². The third-order valence-corrected chi connectivity index (χ3v) is 2.73. The summed E-state index contributed by atoms with van der Waals surface area (Å²) in [6.45, 7) is 4.70. The van der Waals surface area contributed by atoms with Crippen LogP contribution in [0.25, 0.3) is 0 Å². The van der Waals surface area contributed by atoms with Gasteiger partial charge in [-0.1, -0.05) is 19.9 Å². The highest BCUT2D eigenvalue weighted by Gasteiger charge is 2.08. The molecule has 88 valence electrons. The van der Waals surface area contributed by atoms with Crippen molar-refractivity contribution >= 4 is 23.2 Å². The first-order valence-electron chi connectivity index (χ1n) is 5.18. The first kappa shape index (κ1) is 12.7. The zero-order chi connectivity index (χ0) is 12.0. The summed E-state index contributed by atoms with van der Waals surface area (Å²) in [6, 6.07) is 3.53. The Morgan fingerprint density at radius 3 is 2.69 bits per heavy atom. The van der Waals surface area contributed by atoms with Gasteiger partial charge < -0.3 is 10.6 Å². The van der Waals surface area contributed by atoms with E-state index in [4.69, 9.17) is 0 Å². The number of hydrogen-bond donors (Lipinski definition) is 2. The van der Waals surface area contributed by atoms with Crippen molar-refractivity contribution in [1.82, 2.24) is 10.6 Å². The van der Waals surface area contributed by atoms with E-state index < -0.39 is 0 Å². The van der Waals surface area contributed by atoms with Crippen LogP contribution in [-0.2, 0) is 4.79 Å². The van der Waals surface area contributed by atoms with Gasteiger partial charge in [0, 0.05) is 6.54 Å². The molecule has 0 aromatic carbocycles. The van der Waals surface area contributed by atoms with Gasteiger partial charge in [-0.3, -0.25) is 9.59 Å². The summed E-state index contributed by atoms with van der Waals surface area (Å²) in [6.07, 6.45) is 0. The van der Waals surface area contributed by atoms with E-state index in [0.29, 0.717) is 17.3 Å². The molecule has 0 spiro atoms. The van der Waals surface area contributed by atoms with Gasteiger partial charge in [0.05, 0.1) is 11.4 Å². The standard InChI is InChI=1S/C11H16N2O2S/c1-8(2)6-12-10(14)7-13-11(15)9-4-3-5-16-9/h3-5,8H,6-7H2,1-2H3,(H,12,14)(H,13,15). The molecule has 0 radical (unpaired) electrons. The highest BCUT2D eigenvalue weighted by molar-refractivity contribution is 7.12. The Hall–Kier alpha value is -1.36. The third kappa shape index (κ3) is 4.44. The van der Waals surface area contributed by atoms with Crippen LogP contribution in [0.1, 0.15) is 23.5 Å². The van der Waals surface area contributed by atoms with E-state index in [0.717, 1.165) is 0 Å². The largest absolute Gasteiger partial charge is 0.354 e. The van der Waals surface area contributed by atoms with Gasteiger partial charge in [-0.25, -0.2) is 0 Å². The summed E-state index contributed by atoms with van der Waals surface area (Å²) >= 11 is 1.36. The van der Waals surface area contributed by atoms with Crippen LogP contribution in [0.15, 0.2) is 17.5 Å². The van der Waals surface area contributed by atoms with Gasteiger partial charge in [0.1, 0.15) is 0 Å². The van der Waals surface area contributed by atoms with Crippen molar-refractivity contribution in [3.63, 3.8) is 0 Å². The first-order chi connectivity index (χ1) is 7.59. The molecule has 2 N–H and O–H groups in total. The molecule has 5 heteroatoms. The van der Waals surface area contributed by atoms with Crippen LogP contribution in [-0.4, -0.2) is 24.9 Å². The Labute approximate surface area is 99.0 Å². The Morgan fingerprint density at radius 1 is 1.38 bits per heavy atom. The summed E-state index contributed by atoms with van der Waals surface area (Å²) in [7, 11) is 0. The van der Waals surface area contributed by atoms with E-state index in [-0.39, 0.29) is 18.4 Å². The lowest BCUT2D eigenvalue weighted by Crippen LogP contribution is -2.38. The lowest BCUT2D eigenvalue weighted by atomic mass is 10.2. The van der Waals surface area contributed by atoms with Gasteiger partial charge in [-0.2, -0.15) is 0 Å². The van der Waals surface area contributed by atoms with E-state index in [9.17, 15) is 9.59 Å². The average Bonchev–Trinajstić information content (AvgIpc) is 2.76. The maximum atomic E-state index is 11.5. The molecule has 4 nitrogen and oxygen atoms in total. The number of rotatable bonds is 5. The molecule has 0 aliphatic carbocycles. The minimum Gasteiger partial charge on any atom is -0.354 e. The molecule has 16 heavy (non-hydrogen) atoms. The quantitative estimate of drug-likeness (QED) is 0.813. The van der Waals surface area contributed by atoms with E-state index >= 15 is 0 Å². The average molecular weight is 240 g/mol. The minimum absolute atomic E-state index is 0.0312. The highest BCUT2D eigenvalue weighted by Crippen LogP contribution is 2.07. The van der Waals surface area contributed by atoms with Crippen LogP contribution in [0.5, 0.6) is 0 Å². The van der Waals surface area contributed by atoms with Crippen molar-refractivity contribution in [2.24, 2.45) is 5.92 Å². The Bertz CT molecular complexity index is 347. The SMILES string of the molecule is CC(C)CNC(=O)CNC(=O)c1cccs1. The van der Waals surface area contributed by atoms with Crippen molar-refractivity contribution in [3.8, 4) is 0 Å². The number of thiophene rings is 1. The second-order valence-corrected chi connectivity index (χ2v) is 4.81. The molecule has 0 unspecified atom stereocenters. The maximum absolute atomic E-state index is 11.5. The van der Waals surface area contributed by atoms with Crippen LogP contribution in [0.2, 0.25) is 0 Å². The number of nitrogens with one attached hydrogen (secondary N) is 2. The summed E-state index contributed by atoms with van der Waals surface area (Å²) in [5.74, 6) is 0.0604. The van der Waals surface area contributed by atoms with Crippen molar-refractivity contribution in [2.75, 3.05) is 13.1 Å². The smallest absolute Gasteiger partial charge is 0.261 e. The lowest BCUT2D eigenvalue weighted by molar-refractivity contribution is -0.120. The molecule has 1 aromatic rings. The van der Waals surface area contributed by atoms with Crippen molar-refractivity contribution in [1.29, 1.82) is 0 Å². The van der Waals surface area contributed by atoms with E-state index in [2.05, 4.69) is 10.6 Å². The fraction of sp³-hybridized carbons (Fsp3) is 0.455. The molecule has 0 atom stereocenters. The monoisotopic (exact) mass is 240 g/mol. The molecule has 2 amide bonds. The fourth-order valence-electron chi connectivity index (χ4n) is 1.04. The second kappa shape index (κ2) is 6.27. The number of hydrogen-bond acceptors (Lipinski definition) is 3. The maximum Gasteiger partial charge on any atom is 0.261 e. The van der Waals surface area contributed by atoms with Crippen molar-refractivity contribution in [3.05, 3.63) is 22.4 Å². The van der Waals surface area contributed by atoms with Gasteiger partial charge in [-0.15, -0.1) is 11.3 Å². The zero-order valence-electron chi connectivity index (χ0n) is 9.45. The topological polar surface area (TPSA) is 58.2 Å². The van der Waals surface area contributed by atoms with Crippen LogP contribution in [0.3, 0.4) is 0 Å². The van der Waals surface area contributed by atoms with Crippen molar-refractivity contribution in [2.45, 2.75) is 13.8 Å². The Balaban J connectivity index is 2.24. The molecule has 1 heterocycles. The van der Waals surface area contributed by atoms with Gasteiger partial charge in [0.15, 0.2) is 0 Å². The number of carbonyl (C=O) groups excluding carboxylic acids is 2. The molecule has 0 saturated carbocycles. The minimum atomic E-state index is -0.199. The number of carbonyl (C=O) groups is 2. The summed E-state index contributed by atoms with van der Waals surface area (Å²) < 4.78 is 0. The van der Waals surface area contributed by atoms with Crippen LogP contribution >= 0.6 is 11.3 Å². The molecular weight excluding hydrogens is 224 g/mol. The van der Waals surface area contributed by atoms with Gasteiger partial charge in [0.25, 0.3) is 5.91 Å². The van der Waals surface area contributed by atoms with Gasteiger partial charge in [0.2, 0.25) is 5.91 Å². The highest BCUT2D eigenvalue weighted by atomic mass is 32.1. The molecule has 0 bridgehead atoms. The lowest BCUT2D eigenvalue weighted by Gasteiger charge is -2.07. The van der Waals surface area contributed by atoms with Gasteiger partial charge >= 0.3 is 0 Å². The molecular formula is C11H16N2O2S. The molecule has 1 aromatic heterocycles. The van der Waals surface area contributed by atoms with Crippen LogP contribution in [0.4, 0.5) is 0 Å². The normalized spacial score (nSPS) is 10.2. The molecule has 0 fully saturated rings. The van der Waals surface area contributed by atoms with E-state index in [1.54, 1.807) is 12.1 Å². The first-order valence-corrected chi connectivity index (χ1v) is 6.06. The molecule has 0 aliphatic rings. The Kier molecular flexibility index (Phi) is 4.98. The van der Waals surface area contributed by atoms with Crippen LogP contribution in [0, 0.1) is 5.92 Å². The molecule has 0 aliphatic heterocycles. The van der Waals surface area contributed by atoms with E-state index in [1.165, 1.54) is 11.3 Å². The Morgan fingerprint density at radius 2 is 2.12 bits per heavy atom. The van der Waals surface area contributed by atoms with Gasteiger partial charge in [-0.05, 0) is 17.4 Å². The fourth-order valence-corrected chi connectivity index (χ4v) is 1.68. The van der Waals surface area contributed by atoms with Crippen LogP contribution < -0.4 is 10.6 Å². The summed E-state index contributed by atoms with van der Waals surface area (Å²) in [5, 5.41) is 7.13. The van der Waals surface area contributed by atoms with Crippen molar-refractivity contribution < 1.29 is 9.59 Å². The second-order valence-electron chi connectivity index (χ2n) is 3.86. The third-order valence-electron chi connectivity index (χ3n) is 1.86. The molecule has 1 rings (SSSR count). The summed E-state index contributed by atoms with van der Waals surface area (Å²) in [5.41, 5.74) is 0. The predicted molar refractivity (Wildman–Crippen MR) is 64.5 cm³/mol. The zero-order valence-corrected chi connectivity index (χ0v) is 10.3. The predicted octanol–water partition coefficient (Wildman–Crippen LogP) is 1.25. The summed E-state index contributed by atoms with van der Waals surface area (Å²) in [4.78, 5) is 23.4.